The molecule has 0 aliphatic rings. The first-order chi connectivity index (χ1) is 15.5. The summed E-state index contributed by atoms with van der Waals surface area (Å²) in [6.07, 6.45) is 0.957. The summed E-state index contributed by atoms with van der Waals surface area (Å²) >= 11 is 0. The van der Waals surface area contributed by atoms with Crippen molar-refractivity contribution in [1.29, 1.82) is 0 Å². The lowest BCUT2D eigenvalue weighted by molar-refractivity contribution is -0.126. The molecule has 1 rings (SSSR count). The van der Waals surface area contributed by atoms with Gasteiger partial charge in [-0.05, 0) is 31.5 Å². The van der Waals surface area contributed by atoms with E-state index in [1.165, 1.54) is 5.56 Å². The zero-order valence-electron chi connectivity index (χ0n) is 20.3. The maximum absolute atomic E-state index is 12.0. The second-order valence-corrected chi connectivity index (χ2v) is 8.02. The molecule has 1 amide bonds. The lowest BCUT2D eigenvalue weighted by Crippen LogP contribution is -2.33. The number of likely N-dealkylation sites (N-methyl/N-ethyl adjacent to an activating group) is 1. The Balaban J connectivity index is 2.02. The van der Waals surface area contributed by atoms with Crippen LogP contribution in [0, 0.1) is 0 Å². The van der Waals surface area contributed by atoms with E-state index in [1.807, 2.05) is 19.2 Å². The Morgan fingerprint density at radius 3 is 2.09 bits per heavy atom. The Morgan fingerprint density at radius 2 is 1.47 bits per heavy atom. The van der Waals surface area contributed by atoms with Crippen LogP contribution in [0.2, 0.25) is 0 Å². The predicted octanol–water partition coefficient (Wildman–Crippen LogP) is 1.52. The molecule has 0 aliphatic carbocycles. The van der Waals surface area contributed by atoms with Gasteiger partial charge in [-0.15, -0.1) is 0 Å². The standard InChI is InChI=1S/C24H43N3O5/c1-20(2)27-21(3)16-22-6-5-7-23(17-22)18-26-24(28)19-32-15-14-31-13-12-30-11-10-29-9-8-25-4/h5-7,17,20-21,25,27H,8-16,18-19H2,1-4H3,(H,26,28). The Hall–Kier alpha value is -1.55. The minimum atomic E-state index is -0.133. The van der Waals surface area contributed by atoms with Crippen molar-refractivity contribution in [3.05, 3.63) is 35.4 Å². The molecule has 0 heterocycles. The molecular weight excluding hydrogens is 410 g/mol. The van der Waals surface area contributed by atoms with Crippen LogP contribution in [0.1, 0.15) is 31.9 Å². The van der Waals surface area contributed by atoms with Gasteiger partial charge in [0.2, 0.25) is 5.91 Å². The van der Waals surface area contributed by atoms with Crippen LogP contribution in [0.5, 0.6) is 0 Å². The normalized spacial score (nSPS) is 12.3. The fourth-order valence-corrected chi connectivity index (χ4v) is 3.10. The SMILES string of the molecule is CNCCOCCOCCOCCOCC(=O)NCc1cccc(CC(C)NC(C)C)c1. The minimum absolute atomic E-state index is 0.0266. The molecule has 0 spiro atoms. The lowest BCUT2D eigenvalue weighted by Gasteiger charge is -2.17. The van der Waals surface area contributed by atoms with Crippen molar-refractivity contribution in [3.8, 4) is 0 Å². The average Bonchev–Trinajstić information content (AvgIpc) is 2.75. The van der Waals surface area contributed by atoms with Crippen molar-refractivity contribution in [2.45, 2.75) is 45.8 Å². The number of hydrogen-bond donors (Lipinski definition) is 3. The highest BCUT2D eigenvalue weighted by atomic mass is 16.6. The molecule has 1 aromatic carbocycles. The molecule has 184 valence electrons. The van der Waals surface area contributed by atoms with Crippen LogP contribution in [0.4, 0.5) is 0 Å². The van der Waals surface area contributed by atoms with E-state index >= 15 is 0 Å². The van der Waals surface area contributed by atoms with Crippen molar-refractivity contribution in [2.24, 2.45) is 0 Å². The number of carbonyl (C=O) groups is 1. The zero-order chi connectivity index (χ0) is 23.4. The fourth-order valence-electron chi connectivity index (χ4n) is 3.10. The average molecular weight is 454 g/mol. The van der Waals surface area contributed by atoms with Gasteiger partial charge in [0.05, 0.1) is 46.2 Å². The molecule has 0 bridgehead atoms. The summed E-state index contributed by atoms with van der Waals surface area (Å²) < 4.78 is 21.5. The van der Waals surface area contributed by atoms with Gasteiger partial charge in [0.25, 0.3) is 0 Å². The summed E-state index contributed by atoms with van der Waals surface area (Å²) in [6, 6.07) is 9.19. The number of amides is 1. The Bertz CT molecular complexity index is 601. The zero-order valence-corrected chi connectivity index (χ0v) is 20.3. The number of hydrogen-bond acceptors (Lipinski definition) is 7. The van der Waals surface area contributed by atoms with Crippen LogP contribution < -0.4 is 16.0 Å². The molecular formula is C24H43N3O5. The summed E-state index contributed by atoms with van der Waals surface area (Å²) in [6.45, 7) is 11.5. The summed E-state index contributed by atoms with van der Waals surface area (Å²) in [4.78, 5) is 12.0. The molecule has 0 aromatic heterocycles. The van der Waals surface area contributed by atoms with Crippen LogP contribution in [0.25, 0.3) is 0 Å². The molecule has 3 N–H and O–H groups in total. The van der Waals surface area contributed by atoms with E-state index in [0.29, 0.717) is 64.9 Å². The van der Waals surface area contributed by atoms with Crippen LogP contribution in [-0.2, 0) is 36.7 Å². The molecule has 1 aromatic rings. The number of rotatable bonds is 20. The first-order valence-electron chi connectivity index (χ1n) is 11.6. The van der Waals surface area contributed by atoms with E-state index in [4.69, 9.17) is 18.9 Å². The number of benzene rings is 1. The smallest absolute Gasteiger partial charge is 0.246 e. The van der Waals surface area contributed by atoms with Crippen molar-refractivity contribution < 1.29 is 23.7 Å². The van der Waals surface area contributed by atoms with E-state index in [-0.39, 0.29) is 12.5 Å². The molecule has 0 aliphatic heterocycles. The van der Waals surface area contributed by atoms with Gasteiger partial charge in [0.15, 0.2) is 0 Å². The molecule has 1 atom stereocenters. The van der Waals surface area contributed by atoms with Crippen LogP contribution in [0.15, 0.2) is 24.3 Å². The quantitative estimate of drug-likeness (QED) is 0.258. The Morgan fingerprint density at radius 1 is 0.875 bits per heavy atom. The third-order valence-corrected chi connectivity index (χ3v) is 4.49. The van der Waals surface area contributed by atoms with Crippen LogP contribution in [-0.4, -0.2) is 84.4 Å². The van der Waals surface area contributed by atoms with Gasteiger partial charge in [-0.25, -0.2) is 0 Å². The lowest BCUT2D eigenvalue weighted by atomic mass is 10.0. The topological polar surface area (TPSA) is 90.1 Å². The third kappa shape index (κ3) is 16.1. The van der Waals surface area contributed by atoms with Gasteiger partial charge in [-0.3, -0.25) is 4.79 Å². The van der Waals surface area contributed by atoms with Gasteiger partial charge in [0.1, 0.15) is 6.61 Å². The van der Waals surface area contributed by atoms with Crippen molar-refractivity contribution >= 4 is 5.91 Å². The molecule has 8 heteroatoms. The molecule has 32 heavy (non-hydrogen) atoms. The van der Waals surface area contributed by atoms with E-state index in [2.05, 4.69) is 48.9 Å². The van der Waals surface area contributed by atoms with Gasteiger partial charge in [-0.1, -0.05) is 38.1 Å². The highest BCUT2D eigenvalue weighted by Crippen LogP contribution is 2.08. The Kier molecular flexibility index (Phi) is 16.9. The third-order valence-electron chi connectivity index (χ3n) is 4.49. The molecule has 0 saturated heterocycles. The predicted molar refractivity (Wildman–Crippen MR) is 127 cm³/mol. The van der Waals surface area contributed by atoms with Gasteiger partial charge in [0, 0.05) is 25.2 Å². The van der Waals surface area contributed by atoms with E-state index < -0.39 is 0 Å². The maximum atomic E-state index is 12.0. The molecule has 0 fully saturated rings. The van der Waals surface area contributed by atoms with Gasteiger partial charge < -0.3 is 34.9 Å². The molecule has 8 nitrogen and oxygen atoms in total. The summed E-state index contributed by atoms with van der Waals surface area (Å²) in [5, 5.41) is 9.42. The summed E-state index contributed by atoms with van der Waals surface area (Å²) in [7, 11) is 1.89. The largest absolute Gasteiger partial charge is 0.378 e. The van der Waals surface area contributed by atoms with Crippen molar-refractivity contribution in [3.63, 3.8) is 0 Å². The fraction of sp³-hybridized carbons (Fsp3) is 0.708. The highest BCUT2D eigenvalue weighted by Gasteiger charge is 2.06. The first-order valence-corrected chi connectivity index (χ1v) is 11.6. The number of carbonyl (C=O) groups excluding carboxylic acids is 1. The summed E-state index contributed by atoms with van der Waals surface area (Å²) in [5.41, 5.74) is 2.35. The van der Waals surface area contributed by atoms with E-state index in [0.717, 1.165) is 18.5 Å². The molecule has 1 unspecified atom stereocenters. The monoisotopic (exact) mass is 453 g/mol. The highest BCUT2D eigenvalue weighted by molar-refractivity contribution is 5.77. The number of nitrogens with one attached hydrogen (secondary N) is 3. The van der Waals surface area contributed by atoms with Crippen molar-refractivity contribution in [1.82, 2.24) is 16.0 Å². The van der Waals surface area contributed by atoms with Gasteiger partial charge in [-0.2, -0.15) is 0 Å². The summed E-state index contributed by atoms with van der Waals surface area (Å²) in [5.74, 6) is -0.133. The van der Waals surface area contributed by atoms with E-state index in [9.17, 15) is 4.79 Å². The van der Waals surface area contributed by atoms with Gasteiger partial charge >= 0.3 is 0 Å². The first kappa shape index (κ1) is 28.5. The number of ether oxygens (including phenoxy) is 4. The van der Waals surface area contributed by atoms with Crippen LogP contribution in [0.3, 0.4) is 0 Å². The molecule has 0 saturated carbocycles. The van der Waals surface area contributed by atoms with Crippen molar-refractivity contribution in [2.75, 3.05) is 66.4 Å². The second-order valence-electron chi connectivity index (χ2n) is 8.02. The molecule has 0 radical (unpaired) electrons. The maximum Gasteiger partial charge on any atom is 0.246 e. The second kappa shape index (κ2) is 19.0. The van der Waals surface area contributed by atoms with Crippen LogP contribution >= 0.6 is 0 Å². The van der Waals surface area contributed by atoms with E-state index in [1.54, 1.807) is 0 Å². The minimum Gasteiger partial charge on any atom is -0.378 e. The Labute approximate surface area is 193 Å².